The molecule has 12 heteroatoms. The topological polar surface area (TPSA) is 109 Å². The van der Waals surface area contributed by atoms with Crippen molar-refractivity contribution in [3.63, 3.8) is 0 Å². The molecular weight excluding hydrogens is 511 g/mol. The summed E-state index contributed by atoms with van der Waals surface area (Å²) >= 11 is 0. The molecular formula is C27H38F3N7O2. The lowest BCUT2D eigenvalue weighted by atomic mass is 9.96. The largest absolute Gasteiger partial charge is 0.416 e. The highest BCUT2D eigenvalue weighted by molar-refractivity contribution is 5.44. The summed E-state index contributed by atoms with van der Waals surface area (Å²) in [5.41, 5.74) is 3.38. The number of halogens is 3. The Bertz CT molecular complexity index is 1170. The van der Waals surface area contributed by atoms with Gasteiger partial charge in [-0.2, -0.15) is 18.2 Å². The number of hydrogen-bond acceptors (Lipinski definition) is 7. The van der Waals surface area contributed by atoms with Gasteiger partial charge in [-0.15, -0.1) is 0 Å². The molecule has 5 rings (SSSR count). The molecule has 3 atom stereocenters. The molecule has 39 heavy (non-hydrogen) atoms. The number of piperidine rings is 1. The minimum absolute atomic E-state index is 0.0719. The predicted octanol–water partition coefficient (Wildman–Crippen LogP) is 1.48. The highest BCUT2D eigenvalue weighted by atomic mass is 19.4. The number of piperazine rings is 1. The molecule has 2 aliphatic heterocycles. The van der Waals surface area contributed by atoms with Crippen LogP contribution in [0.3, 0.4) is 0 Å². The normalized spacial score (nSPS) is 23.5. The van der Waals surface area contributed by atoms with E-state index in [1.54, 1.807) is 12.1 Å². The summed E-state index contributed by atoms with van der Waals surface area (Å²) in [5, 5.41) is 6.49. The Balaban J connectivity index is 0.00000112. The number of rotatable bonds is 8. The zero-order valence-corrected chi connectivity index (χ0v) is 22.5. The molecule has 1 saturated carbocycles. The van der Waals surface area contributed by atoms with Crippen LogP contribution in [-0.2, 0) is 17.4 Å². The summed E-state index contributed by atoms with van der Waals surface area (Å²) in [6, 6.07) is 6.01. The Morgan fingerprint density at radius 2 is 1.87 bits per heavy atom. The van der Waals surface area contributed by atoms with Crippen LogP contribution in [0.2, 0.25) is 0 Å². The highest BCUT2D eigenvalue weighted by Crippen LogP contribution is 2.52. The van der Waals surface area contributed by atoms with Crippen LogP contribution < -0.4 is 27.0 Å². The zero-order valence-electron chi connectivity index (χ0n) is 22.5. The summed E-state index contributed by atoms with van der Waals surface area (Å²) in [6.45, 7) is 8.07. The summed E-state index contributed by atoms with van der Waals surface area (Å²) < 4.78 is 43.6. The maximum atomic E-state index is 14.2. The van der Waals surface area contributed by atoms with Gasteiger partial charge in [-0.05, 0) is 68.0 Å². The van der Waals surface area contributed by atoms with Crippen LogP contribution in [-0.4, -0.2) is 79.8 Å². The number of nitrogens with two attached hydrogens (primary N) is 1. The molecule has 1 aromatic carbocycles. The molecule has 3 heterocycles. The van der Waals surface area contributed by atoms with E-state index in [1.807, 2.05) is 18.9 Å². The Kier molecular flexibility index (Phi) is 9.29. The molecule has 3 aliphatic rings. The van der Waals surface area contributed by atoms with E-state index in [0.29, 0.717) is 30.0 Å². The first-order valence-electron chi connectivity index (χ1n) is 13.5. The van der Waals surface area contributed by atoms with Crippen LogP contribution in [0.15, 0.2) is 35.3 Å². The van der Waals surface area contributed by atoms with Crippen LogP contribution in [0, 0.1) is 17.8 Å². The molecule has 0 radical (unpaired) electrons. The fourth-order valence-electron chi connectivity index (χ4n) is 6.12. The van der Waals surface area contributed by atoms with Crippen molar-refractivity contribution >= 4 is 12.2 Å². The average Bonchev–Trinajstić information content (AvgIpc) is 3.35. The van der Waals surface area contributed by atoms with Gasteiger partial charge in [0.15, 0.2) is 0 Å². The quantitative estimate of drug-likeness (QED) is 0.428. The Labute approximate surface area is 226 Å². The lowest BCUT2D eigenvalue weighted by Gasteiger charge is -2.30. The van der Waals surface area contributed by atoms with Crippen molar-refractivity contribution in [2.75, 3.05) is 57.8 Å². The van der Waals surface area contributed by atoms with E-state index in [9.17, 15) is 18.0 Å². The van der Waals surface area contributed by atoms with E-state index in [0.717, 1.165) is 58.3 Å². The van der Waals surface area contributed by atoms with Gasteiger partial charge in [-0.1, -0.05) is 13.0 Å². The maximum absolute atomic E-state index is 14.2. The molecule has 1 aromatic heterocycles. The van der Waals surface area contributed by atoms with E-state index in [1.165, 1.54) is 16.8 Å². The van der Waals surface area contributed by atoms with Gasteiger partial charge in [0.1, 0.15) is 5.82 Å². The second kappa shape index (κ2) is 12.5. The van der Waals surface area contributed by atoms with Gasteiger partial charge < -0.3 is 21.3 Å². The molecule has 3 fully saturated rings. The van der Waals surface area contributed by atoms with Crippen LogP contribution in [0.4, 0.5) is 19.0 Å². The molecule has 2 aromatic rings. The second-order valence-electron chi connectivity index (χ2n) is 10.4. The number of aromatic nitrogens is 2. The third-order valence-electron chi connectivity index (χ3n) is 8.19. The van der Waals surface area contributed by atoms with Crippen LogP contribution in [0.1, 0.15) is 24.5 Å². The zero-order chi connectivity index (χ0) is 28.2. The Hall–Kier alpha value is -2.96. The number of primary amides is 1. The van der Waals surface area contributed by atoms with E-state index >= 15 is 0 Å². The number of anilines is 1. The van der Waals surface area contributed by atoms with Crippen molar-refractivity contribution in [2.45, 2.75) is 32.0 Å². The number of alkyl halides is 3. The van der Waals surface area contributed by atoms with Crippen LogP contribution in [0.5, 0.6) is 0 Å². The molecule has 2 saturated heterocycles. The number of hydrogen-bond donors (Lipinski definition) is 3. The number of likely N-dealkylation sites (tertiary alicyclic amines) is 1. The summed E-state index contributed by atoms with van der Waals surface area (Å²) in [6.07, 6.45) is -1.59. The van der Waals surface area contributed by atoms with Gasteiger partial charge in [0.05, 0.1) is 11.3 Å². The van der Waals surface area contributed by atoms with E-state index in [2.05, 4.69) is 26.3 Å². The minimum atomic E-state index is -4.51. The fourth-order valence-corrected chi connectivity index (χ4v) is 6.12. The van der Waals surface area contributed by atoms with Crippen molar-refractivity contribution in [3.05, 3.63) is 52.1 Å². The van der Waals surface area contributed by atoms with Crippen LogP contribution >= 0.6 is 0 Å². The van der Waals surface area contributed by atoms with Crippen molar-refractivity contribution in [1.82, 2.24) is 25.1 Å². The molecule has 4 N–H and O–H groups in total. The second-order valence-corrected chi connectivity index (χ2v) is 10.4. The standard InChI is InChI=1S/C26H35F3N6O.CH3NO/c1-3-18(34-15-21-20(14-30-2)22(21)16-34)12-17-4-5-19(13-23(17)26(27,28)29)35-9-6-24(32-25(35)36)33-10-7-31-8-11-33;2-1-3/h4-6,9,13,18,20-22,30-31H,3,7-8,10-12,14-16H2,1-2H3;1H,(H2,2,3). The lowest BCUT2D eigenvalue weighted by molar-refractivity contribution is -0.138. The van der Waals surface area contributed by atoms with Crippen molar-refractivity contribution in [2.24, 2.45) is 23.5 Å². The van der Waals surface area contributed by atoms with Crippen molar-refractivity contribution < 1.29 is 18.0 Å². The average molecular weight is 550 g/mol. The summed E-state index contributed by atoms with van der Waals surface area (Å²) in [5.74, 6) is 2.59. The van der Waals surface area contributed by atoms with Gasteiger partial charge in [0.25, 0.3) is 0 Å². The third-order valence-corrected chi connectivity index (χ3v) is 8.19. The third kappa shape index (κ3) is 6.62. The first kappa shape index (κ1) is 29.0. The van der Waals surface area contributed by atoms with Gasteiger partial charge in [-0.3, -0.25) is 14.3 Å². The molecule has 0 bridgehead atoms. The number of nitrogens with one attached hydrogen (secondary N) is 2. The monoisotopic (exact) mass is 549 g/mol. The Morgan fingerprint density at radius 3 is 2.44 bits per heavy atom. The molecule has 0 spiro atoms. The minimum Gasteiger partial charge on any atom is -0.372 e. The lowest BCUT2D eigenvalue weighted by Crippen LogP contribution is -2.44. The predicted molar refractivity (Wildman–Crippen MR) is 144 cm³/mol. The van der Waals surface area contributed by atoms with Gasteiger partial charge in [0.2, 0.25) is 6.41 Å². The van der Waals surface area contributed by atoms with Crippen molar-refractivity contribution in [3.8, 4) is 5.69 Å². The summed E-state index contributed by atoms with van der Waals surface area (Å²) in [7, 11) is 1.97. The first-order chi connectivity index (χ1) is 18.7. The molecule has 214 valence electrons. The molecule has 3 unspecified atom stereocenters. The van der Waals surface area contributed by atoms with Gasteiger partial charge in [-0.25, -0.2) is 4.79 Å². The number of amides is 1. The highest BCUT2D eigenvalue weighted by Gasteiger charge is 2.55. The Morgan fingerprint density at radius 1 is 1.21 bits per heavy atom. The van der Waals surface area contributed by atoms with Gasteiger partial charge in [0, 0.05) is 51.5 Å². The van der Waals surface area contributed by atoms with Gasteiger partial charge >= 0.3 is 11.9 Å². The molecule has 9 nitrogen and oxygen atoms in total. The van der Waals surface area contributed by atoms with E-state index < -0.39 is 17.4 Å². The van der Waals surface area contributed by atoms with Crippen molar-refractivity contribution in [1.29, 1.82) is 0 Å². The maximum Gasteiger partial charge on any atom is 0.416 e. The summed E-state index contributed by atoms with van der Waals surface area (Å²) in [4.78, 5) is 29.9. The number of carbonyl (C=O) groups excluding carboxylic acids is 1. The molecule has 1 aliphatic carbocycles. The molecule has 1 amide bonds. The first-order valence-corrected chi connectivity index (χ1v) is 13.5. The van der Waals surface area contributed by atoms with Crippen LogP contribution in [0.25, 0.3) is 5.69 Å². The number of fused-ring (bicyclic) bond motifs is 1. The number of nitrogens with zero attached hydrogens (tertiary/aromatic N) is 4. The number of benzene rings is 1. The SMILES string of the molecule is CCC(Cc1ccc(-n2ccc(N3CCNCC3)nc2=O)cc1C(F)(F)F)N1CC2C(CNC)C2C1.NC=O. The van der Waals surface area contributed by atoms with E-state index in [-0.39, 0.29) is 23.7 Å². The van der Waals surface area contributed by atoms with E-state index in [4.69, 9.17) is 4.79 Å². The fraction of sp³-hybridized carbons (Fsp3) is 0.593. The number of carbonyl (C=O) groups is 1. The smallest absolute Gasteiger partial charge is 0.372 e.